The fraction of sp³-hybridized carbons (Fsp3) is 0.714. The van der Waals surface area contributed by atoms with Gasteiger partial charge in [0.15, 0.2) is 0 Å². The number of nitrogens with zero attached hydrogens (tertiary/aromatic N) is 2. The predicted molar refractivity (Wildman–Crippen MR) is 102 cm³/mol. The first-order valence-electron chi connectivity index (χ1n) is 9.93. The van der Waals surface area contributed by atoms with E-state index < -0.39 is 0 Å². The van der Waals surface area contributed by atoms with Gasteiger partial charge in [0.2, 0.25) is 0 Å². The molecule has 2 aliphatic rings. The number of piperazine rings is 1. The highest BCUT2D eigenvalue weighted by Crippen LogP contribution is 2.27. The molecule has 25 heavy (non-hydrogen) atoms. The highest BCUT2D eigenvalue weighted by atomic mass is 16.5. The van der Waals surface area contributed by atoms with Gasteiger partial charge in [-0.1, -0.05) is 31.4 Å². The van der Waals surface area contributed by atoms with E-state index in [2.05, 4.69) is 34.9 Å². The van der Waals surface area contributed by atoms with Gasteiger partial charge in [0.1, 0.15) is 5.75 Å². The van der Waals surface area contributed by atoms with Crippen molar-refractivity contribution in [3.63, 3.8) is 0 Å². The lowest BCUT2D eigenvalue weighted by molar-refractivity contribution is 0.0222. The zero-order chi connectivity index (χ0) is 17.6. The van der Waals surface area contributed by atoms with E-state index in [1.54, 1.807) is 7.11 Å². The number of methoxy groups -OCH3 is 1. The molecule has 3 rings (SSSR count). The summed E-state index contributed by atoms with van der Waals surface area (Å²) in [6.45, 7) is 6.73. The number of aryl methyl sites for hydroxylation is 1. The van der Waals surface area contributed by atoms with Gasteiger partial charge in [-0.2, -0.15) is 0 Å². The summed E-state index contributed by atoms with van der Waals surface area (Å²) in [5.41, 5.74) is 2.53. The monoisotopic (exact) mass is 346 g/mol. The van der Waals surface area contributed by atoms with Crippen molar-refractivity contribution in [1.82, 2.24) is 9.80 Å². The molecule has 1 saturated carbocycles. The van der Waals surface area contributed by atoms with Gasteiger partial charge in [0, 0.05) is 44.9 Å². The number of benzene rings is 1. The number of ether oxygens (including phenoxy) is 1. The topological polar surface area (TPSA) is 35.9 Å². The third-order valence-corrected chi connectivity index (χ3v) is 6.03. The van der Waals surface area contributed by atoms with Crippen molar-refractivity contribution in [3.05, 3.63) is 29.3 Å². The summed E-state index contributed by atoms with van der Waals surface area (Å²) in [4.78, 5) is 5.27. The van der Waals surface area contributed by atoms with Gasteiger partial charge in [-0.25, -0.2) is 0 Å². The SMILES string of the molecule is COc1ccc(CN2CCN(C3CCCCC3)CC2CCO)cc1C. The van der Waals surface area contributed by atoms with Crippen LogP contribution < -0.4 is 4.74 Å². The number of aliphatic hydroxyl groups is 1. The van der Waals surface area contributed by atoms with E-state index in [-0.39, 0.29) is 6.61 Å². The third kappa shape index (κ3) is 4.75. The molecule has 2 fully saturated rings. The fourth-order valence-corrected chi connectivity index (χ4v) is 4.60. The quantitative estimate of drug-likeness (QED) is 0.858. The Labute approximate surface area is 152 Å². The minimum absolute atomic E-state index is 0.279. The van der Waals surface area contributed by atoms with E-state index in [0.717, 1.165) is 37.8 Å². The smallest absolute Gasteiger partial charge is 0.121 e. The first kappa shape index (κ1) is 18.7. The average molecular weight is 347 g/mol. The summed E-state index contributed by atoms with van der Waals surface area (Å²) in [5.74, 6) is 0.956. The predicted octanol–water partition coefficient (Wildman–Crippen LogP) is 3.20. The van der Waals surface area contributed by atoms with Crippen LogP contribution in [0.5, 0.6) is 5.75 Å². The molecule has 4 nitrogen and oxygen atoms in total. The fourth-order valence-electron chi connectivity index (χ4n) is 4.60. The summed E-state index contributed by atoms with van der Waals surface area (Å²) in [7, 11) is 1.73. The highest BCUT2D eigenvalue weighted by molar-refractivity contribution is 5.36. The van der Waals surface area contributed by atoms with Crippen molar-refractivity contribution < 1.29 is 9.84 Å². The summed E-state index contributed by atoms with van der Waals surface area (Å²) in [6.07, 6.45) is 7.79. The maximum Gasteiger partial charge on any atom is 0.121 e. The Kier molecular flexibility index (Phi) is 6.74. The molecule has 1 aliphatic carbocycles. The van der Waals surface area contributed by atoms with Crippen LogP contribution in [-0.2, 0) is 6.54 Å². The molecule has 0 bridgehead atoms. The molecule has 1 saturated heterocycles. The Morgan fingerprint density at radius 3 is 2.64 bits per heavy atom. The Hall–Kier alpha value is -1.10. The molecule has 4 heteroatoms. The van der Waals surface area contributed by atoms with Crippen LogP contribution in [0.3, 0.4) is 0 Å². The molecule has 1 aliphatic heterocycles. The number of aliphatic hydroxyl groups excluding tert-OH is 1. The highest BCUT2D eigenvalue weighted by Gasteiger charge is 2.31. The summed E-state index contributed by atoms with van der Waals surface area (Å²) in [5, 5.41) is 9.55. The van der Waals surface area contributed by atoms with Gasteiger partial charge < -0.3 is 9.84 Å². The molecule has 0 radical (unpaired) electrons. The molecule has 0 amide bonds. The Morgan fingerprint density at radius 2 is 1.96 bits per heavy atom. The maximum absolute atomic E-state index is 9.55. The molecule has 1 unspecified atom stereocenters. The lowest BCUT2D eigenvalue weighted by Crippen LogP contribution is -2.56. The molecule has 0 spiro atoms. The molecule has 1 heterocycles. The average Bonchev–Trinajstić information content (AvgIpc) is 2.64. The van der Waals surface area contributed by atoms with Crippen molar-refractivity contribution in [1.29, 1.82) is 0 Å². The molecular weight excluding hydrogens is 312 g/mol. The Morgan fingerprint density at radius 1 is 1.16 bits per heavy atom. The van der Waals surface area contributed by atoms with Crippen LogP contribution in [0.25, 0.3) is 0 Å². The van der Waals surface area contributed by atoms with Gasteiger partial charge in [0.05, 0.1) is 7.11 Å². The van der Waals surface area contributed by atoms with Gasteiger partial charge in [-0.15, -0.1) is 0 Å². The molecule has 0 aromatic heterocycles. The van der Waals surface area contributed by atoms with E-state index >= 15 is 0 Å². The van der Waals surface area contributed by atoms with Crippen LogP contribution in [0.4, 0.5) is 0 Å². The Balaban J connectivity index is 1.63. The van der Waals surface area contributed by atoms with Crippen LogP contribution in [0.2, 0.25) is 0 Å². The lowest BCUT2D eigenvalue weighted by atomic mass is 9.92. The van der Waals surface area contributed by atoms with Gasteiger partial charge >= 0.3 is 0 Å². The lowest BCUT2D eigenvalue weighted by Gasteiger charge is -2.45. The van der Waals surface area contributed by atoms with E-state index in [1.165, 1.54) is 49.8 Å². The van der Waals surface area contributed by atoms with Crippen molar-refractivity contribution in [2.75, 3.05) is 33.4 Å². The van der Waals surface area contributed by atoms with E-state index in [0.29, 0.717) is 6.04 Å². The minimum atomic E-state index is 0.279. The van der Waals surface area contributed by atoms with Crippen molar-refractivity contribution in [2.24, 2.45) is 0 Å². The van der Waals surface area contributed by atoms with Crippen molar-refractivity contribution in [3.8, 4) is 5.75 Å². The third-order valence-electron chi connectivity index (χ3n) is 6.03. The molecule has 1 aromatic carbocycles. The van der Waals surface area contributed by atoms with E-state index in [4.69, 9.17) is 4.74 Å². The van der Waals surface area contributed by atoms with Crippen molar-refractivity contribution in [2.45, 2.75) is 64.1 Å². The van der Waals surface area contributed by atoms with E-state index in [1.807, 2.05) is 0 Å². The van der Waals surface area contributed by atoms with Gasteiger partial charge in [-0.05, 0) is 43.4 Å². The summed E-state index contributed by atoms with van der Waals surface area (Å²) in [6, 6.07) is 7.73. The Bertz CT molecular complexity index is 543. The van der Waals surface area contributed by atoms with Crippen LogP contribution in [0.15, 0.2) is 18.2 Å². The summed E-state index contributed by atoms with van der Waals surface area (Å²) >= 11 is 0. The zero-order valence-corrected chi connectivity index (χ0v) is 15.9. The molecule has 140 valence electrons. The standard InChI is InChI=1S/C21H34N2O2/c1-17-14-18(8-9-21(17)25-2)15-22-11-12-23(16-20(22)10-13-24)19-6-4-3-5-7-19/h8-9,14,19-20,24H,3-7,10-13,15-16H2,1-2H3. The second kappa shape index (κ2) is 9.02. The summed E-state index contributed by atoms with van der Waals surface area (Å²) < 4.78 is 5.38. The molecule has 1 N–H and O–H groups in total. The second-order valence-electron chi connectivity index (χ2n) is 7.73. The largest absolute Gasteiger partial charge is 0.496 e. The van der Waals surface area contributed by atoms with Crippen molar-refractivity contribution >= 4 is 0 Å². The van der Waals surface area contributed by atoms with Gasteiger partial charge in [0.25, 0.3) is 0 Å². The number of hydrogen-bond acceptors (Lipinski definition) is 4. The van der Waals surface area contributed by atoms with E-state index in [9.17, 15) is 5.11 Å². The van der Waals surface area contributed by atoms with Gasteiger partial charge in [-0.3, -0.25) is 9.80 Å². The number of rotatable bonds is 6. The molecule has 1 atom stereocenters. The number of hydrogen-bond donors (Lipinski definition) is 1. The van der Waals surface area contributed by atoms with Crippen LogP contribution in [-0.4, -0.2) is 60.3 Å². The van der Waals surface area contributed by atoms with Crippen LogP contribution in [0, 0.1) is 6.92 Å². The van der Waals surface area contributed by atoms with Crippen LogP contribution in [0.1, 0.15) is 49.7 Å². The molecular formula is C21H34N2O2. The minimum Gasteiger partial charge on any atom is -0.496 e. The maximum atomic E-state index is 9.55. The second-order valence-corrected chi connectivity index (χ2v) is 7.73. The van der Waals surface area contributed by atoms with Crippen LogP contribution >= 0.6 is 0 Å². The first-order valence-corrected chi connectivity index (χ1v) is 9.93. The zero-order valence-electron chi connectivity index (χ0n) is 15.9. The molecule has 1 aromatic rings. The first-order chi connectivity index (χ1) is 12.2. The normalized spacial score (nSPS) is 23.7.